The van der Waals surface area contributed by atoms with Crippen molar-refractivity contribution in [3.63, 3.8) is 0 Å². The van der Waals surface area contributed by atoms with Gasteiger partial charge in [0.1, 0.15) is 11.4 Å². The van der Waals surface area contributed by atoms with E-state index < -0.39 is 11.8 Å². The standard InChI is InChI=1S/C24H31FN2O4/c1-24(2,3)30-23(28)31-27-13-12-21(17-8-10-20(25)11-9-17)22(15-27)29-16-19-7-5-4-6-18(19)14-26/h4-11,21-22H,12-16,26H2,1-3H3. The highest BCUT2D eigenvalue weighted by molar-refractivity contribution is 5.60. The Bertz CT molecular complexity index is 867. The van der Waals surface area contributed by atoms with E-state index in [9.17, 15) is 9.18 Å². The van der Waals surface area contributed by atoms with Gasteiger partial charge in [-0.05, 0) is 56.0 Å². The Kier molecular flexibility index (Phi) is 7.64. The van der Waals surface area contributed by atoms with Gasteiger partial charge in [0.15, 0.2) is 0 Å². The molecule has 1 saturated heterocycles. The third-order valence-corrected chi connectivity index (χ3v) is 5.20. The normalized spacial score (nSPS) is 19.8. The number of hydroxylamine groups is 2. The topological polar surface area (TPSA) is 74.0 Å². The average molecular weight is 431 g/mol. The molecule has 0 bridgehead atoms. The number of hydrogen-bond donors (Lipinski definition) is 1. The summed E-state index contributed by atoms with van der Waals surface area (Å²) in [6.45, 7) is 7.09. The lowest BCUT2D eigenvalue weighted by Gasteiger charge is -2.37. The molecule has 0 radical (unpaired) electrons. The smallest absolute Gasteiger partial charge is 0.427 e. The molecule has 0 aromatic heterocycles. The van der Waals surface area contributed by atoms with Crippen LogP contribution >= 0.6 is 0 Å². The Hall–Kier alpha value is -2.48. The molecule has 2 aromatic rings. The first-order valence-electron chi connectivity index (χ1n) is 10.5. The summed E-state index contributed by atoms with van der Waals surface area (Å²) in [6, 6.07) is 14.4. The van der Waals surface area contributed by atoms with Gasteiger partial charge in [-0.3, -0.25) is 0 Å². The molecule has 2 atom stereocenters. The summed E-state index contributed by atoms with van der Waals surface area (Å²) in [6.07, 6.45) is -0.301. The van der Waals surface area contributed by atoms with Crippen molar-refractivity contribution in [3.05, 3.63) is 71.0 Å². The van der Waals surface area contributed by atoms with Crippen LogP contribution in [0.25, 0.3) is 0 Å². The van der Waals surface area contributed by atoms with Crippen LogP contribution < -0.4 is 5.73 Å². The summed E-state index contributed by atoms with van der Waals surface area (Å²) in [5, 5.41) is 1.58. The summed E-state index contributed by atoms with van der Waals surface area (Å²) < 4.78 is 25.0. The number of ether oxygens (including phenoxy) is 2. The molecule has 1 fully saturated rings. The first kappa shape index (κ1) is 23.2. The van der Waals surface area contributed by atoms with Gasteiger partial charge in [-0.1, -0.05) is 36.4 Å². The van der Waals surface area contributed by atoms with E-state index in [0.717, 1.165) is 16.7 Å². The zero-order valence-corrected chi connectivity index (χ0v) is 18.3. The molecule has 1 aliphatic rings. The second kappa shape index (κ2) is 10.2. The number of hydrogen-bond acceptors (Lipinski definition) is 6. The van der Waals surface area contributed by atoms with E-state index in [1.807, 2.05) is 24.3 Å². The van der Waals surface area contributed by atoms with Crippen LogP contribution in [0.2, 0.25) is 0 Å². The fourth-order valence-corrected chi connectivity index (χ4v) is 3.70. The van der Waals surface area contributed by atoms with E-state index in [1.165, 1.54) is 12.1 Å². The monoisotopic (exact) mass is 430 g/mol. The molecule has 2 N–H and O–H groups in total. The molecule has 0 saturated carbocycles. The molecule has 1 heterocycles. The van der Waals surface area contributed by atoms with Gasteiger partial charge < -0.3 is 20.0 Å². The van der Waals surface area contributed by atoms with Crippen molar-refractivity contribution in [2.75, 3.05) is 13.1 Å². The van der Waals surface area contributed by atoms with Gasteiger partial charge in [-0.2, -0.15) is 0 Å². The van der Waals surface area contributed by atoms with Crippen LogP contribution in [0.5, 0.6) is 0 Å². The molecule has 31 heavy (non-hydrogen) atoms. The average Bonchev–Trinajstić information content (AvgIpc) is 2.72. The summed E-state index contributed by atoms with van der Waals surface area (Å²) in [7, 11) is 0. The van der Waals surface area contributed by atoms with E-state index in [-0.39, 0.29) is 17.8 Å². The molecule has 168 valence electrons. The van der Waals surface area contributed by atoms with Gasteiger partial charge in [-0.25, -0.2) is 9.18 Å². The number of rotatable bonds is 6. The van der Waals surface area contributed by atoms with Crippen LogP contribution in [-0.4, -0.2) is 36.0 Å². The van der Waals surface area contributed by atoms with Crippen LogP contribution in [0.1, 0.15) is 49.8 Å². The zero-order valence-electron chi connectivity index (χ0n) is 18.3. The Balaban J connectivity index is 1.72. The minimum Gasteiger partial charge on any atom is -0.427 e. The number of benzene rings is 2. The number of piperidine rings is 1. The third kappa shape index (κ3) is 6.75. The zero-order chi connectivity index (χ0) is 22.4. The molecule has 0 aliphatic carbocycles. The molecule has 2 aromatic carbocycles. The SMILES string of the molecule is CC(C)(C)OC(=O)ON1CCC(c2ccc(F)cc2)C(OCc2ccccc2CN)C1. The van der Waals surface area contributed by atoms with E-state index >= 15 is 0 Å². The number of carbonyl (C=O) groups is 1. The summed E-state index contributed by atoms with van der Waals surface area (Å²) in [5.41, 5.74) is 8.26. The first-order chi connectivity index (χ1) is 14.7. The van der Waals surface area contributed by atoms with Gasteiger partial charge in [0.2, 0.25) is 0 Å². The van der Waals surface area contributed by atoms with Gasteiger partial charge in [0, 0.05) is 19.0 Å². The van der Waals surface area contributed by atoms with Crippen LogP contribution in [0.3, 0.4) is 0 Å². The largest absolute Gasteiger partial charge is 0.528 e. The number of nitrogens with two attached hydrogens (primary N) is 1. The van der Waals surface area contributed by atoms with Crippen molar-refractivity contribution < 1.29 is 23.5 Å². The quantitative estimate of drug-likeness (QED) is 0.679. The van der Waals surface area contributed by atoms with E-state index in [1.54, 1.807) is 38.0 Å². The number of carbonyl (C=O) groups excluding carboxylic acids is 1. The fourth-order valence-electron chi connectivity index (χ4n) is 3.70. The minimum absolute atomic E-state index is 0.0455. The molecular formula is C24H31FN2O4. The molecule has 2 unspecified atom stereocenters. The van der Waals surface area contributed by atoms with Crippen molar-refractivity contribution in [2.45, 2.75) is 58.0 Å². The van der Waals surface area contributed by atoms with Crippen LogP contribution in [0.4, 0.5) is 9.18 Å². The predicted octanol–water partition coefficient (Wildman–Crippen LogP) is 4.53. The second-order valence-electron chi connectivity index (χ2n) is 8.71. The molecule has 3 rings (SSSR count). The summed E-state index contributed by atoms with van der Waals surface area (Å²) in [4.78, 5) is 17.5. The predicted molar refractivity (Wildman–Crippen MR) is 116 cm³/mol. The number of nitrogens with zero attached hydrogens (tertiary/aromatic N) is 1. The maximum absolute atomic E-state index is 13.4. The van der Waals surface area contributed by atoms with Crippen LogP contribution in [0.15, 0.2) is 48.5 Å². The Morgan fingerprint density at radius 2 is 1.81 bits per heavy atom. The Morgan fingerprint density at radius 1 is 1.13 bits per heavy atom. The van der Waals surface area contributed by atoms with Crippen molar-refractivity contribution in [2.24, 2.45) is 5.73 Å². The third-order valence-electron chi connectivity index (χ3n) is 5.20. The second-order valence-corrected chi connectivity index (χ2v) is 8.71. The van der Waals surface area contributed by atoms with Crippen molar-refractivity contribution in [1.29, 1.82) is 0 Å². The van der Waals surface area contributed by atoms with E-state index in [4.69, 9.17) is 20.0 Å². The van der Waals surface area contributed by atoms with Gasteiger partial charge in [0.05, 0.1) is 19.3 Å². The molecule has 1 aliphatic heterocycles. The lowest BCUT2D eigenvalue weighted by Crippen LogP contribution is -2.45. The Labute approximate surface area is 183 Å². The van der Waals surface area contributed by atoms with Gasteiger partial charge >= 0.3 is 6.16 Å². The van der Waals surface area contributed by atoms with Crippen molar-refractivity contribution >= 4 is 6.16 Å². The highest BCUT2D eigenvalue weighted by Gasteiger charge is 2.34. The highest BCUT2D eigenvalue weighted by atomic mass is 19.1. The molecule has 7 heteroatoms. The maximum atomic E-state index is 13.4. The molecule has 0 spiro atoms. The lowest BCUT2D eigenvalue weighted by atomic mass is 9.87. The van der Waals surface area contributed by atoms with Gasteiger partial charge in [0.25, 0.3) is 0 Å². The van der Waals surface area contributed by atoms with Crippen LogP contribution in [-0.2, 0) is 27.5 Å². The maximum Gasteiger partial charge on any atom is 0.528 e. The fraction of sp³-hybridized carbons (Fsp3) is 0.458. The highest BCUT2D eigenvalue weighted by Crippen LogP contribution is 2.32. The molecular weight excluding hydrogens is 399 g/mol. The van der Waals surface area contributed by atoms with E-state index in [0.29, 0.717) is 32.7 Å². The molecule has 6 nitrogen and oxygen atoms in total. The first-order valence-corrected chi connectivity index (χ1v) is 10.5. The van der Waals surface area contributed by atoms with Gasteiger partial charge in [-0.15, -0.1) is 5.06 Å². The lowest BCUT2D eigenvalue weighted by molar-refractivity contribution is -0.179. The summed E-state index contributed by atoms with van der Waals surface area (Å²) in [5.74, 6) is -0.229. The number of halogens is 1. The minimum atomic E-state index is -0.736. The van der Waals surface area contributed by atoms with Crippen LogP contribution in [0, 0.1) is 5.82 Å². The summed E-state index contributed by atoms with van der Waals surface area (Å²) >= 11 is 0. The Morgan fingerprint density at radius 3 is 2.45 bits per heavy atom. The van der Waals surface area contributed by atoms with Crippen molar-refractivity contribution in [1.82, 2.24) is 5.06 Å². The molecule has 0 amide bonds. The van der Waals surface area contributed by atoms with Crippen molar-refractivity contribution in [3.8, 4) is 0 Å². The van der Waals surface area contributed by atoms with E-state index in [2.05, 4.69) is 0 Å².